The predicted molar refractivity (Wildman–Crippen MR) is 60.0 cm³/mol. The molecule has 2 saturated carbocycles. The molecule has 2 aliphatic carbocycles. The number of hydrogen-bond donors (Lipinski definition) is 1. The predicted octanol–water partition coefficient (Wildman–Crippen LogP) is 0.785. The Kier molecular flexibility index (Phi) is 3.82. The van der Waals surface area contributed by atoms with E-state index < -0.39 is 0 Å². The van der Waals surface area contributed by atoms with E-state index in [1.54, 1.807) is 4.90 Å². The quantitative estimate of drug-likeness (QED) is 0.699. The van der Waals surface area contributed by atoms with E-state index in [2.05, 4.69) is 0 Å². The summed E-state index contributed by atoms with van der Waals surface area (Å²) in [6, 6.07) is 0.353. The SMILES string of the molecule is CC(OCC1CC1)C(=O)N(CCO)C1CC1. The molecule has 0 aliphatic heterocycles. The Bertz CT molecular complexity index is 249. The first kappa shape index (κ1) is 11.9. The van der Waals surface area contributed by atoms with Gasteiger partial charge in [0.1, 0.15) is 6.10 Å². The minimum absolute atomic E-state index is 0.0391. The number of rotatable bonds is 7. The summed E-state index contributed by atoms with van der Waals surface area (Å²) >= 11 is 0. The molecule has 4 nitrogen and oxygen atoms in total. The molecule has 1 amide bonds. The van der Waals surface area contributed by atoms with Crippen LogP contribution in [-0.2, 0) is 9.53 Å². The Labute approximate surface area is 96.6 Å². The lowest BCUT2D eigenvalue weighted by atomic mass is 10.3. The summed E-state index contributed by atoms with van der Waals surface area (Å²) in [5.74, 6) is 0.722. The number of nitrogens with zero attached hydrogens (tertiary/aromatic N) is 1. The summed E-state index contributed by atoms with van der Waals surface area (Å²) in [6.07, 6.45) is 4.27. The highest BCUT2D eigenvalue weighted by Gasteiger charge is 2.35. The Balaban J connectivity index is 1.77. The van der Waals surface area contributed by atoms with E-state index in [1.165, 1.54) is 12.8 Å². The van der Waals surface area contributed by atoms with Gasteiger partial charge in [0.05, 0.1) is 13.2 Å². The van der Waals surface area contributed by atoms with Crippen molar-refractivity contribution < 1.29 is 14.6 Å². The molecular formula is C12H21NO3. The van der Waals surface area contributed by atoms with Crippen LogP contribution in [0.2, 0.25) is 0 Å². The van der Waals surface area contributed by atoms with Crippen molar-refractivity contribution in [1.29, 1.82) is 0 Å². The molecule has 1 atom stereocenters. The van der Waals surface area contributed by atoms with Gasteiger partial charge in [0.2, 0.25) is 0 Å². The average molecular weight is 227 g/mol. The van der Waals surface area contributed by atoms with Gasteiger partial charge in [-0.05, 0) is 38.5 Å². The van der Waals surface area contributed by atoms with E-state index in [1.807, 2.05) is 6.92 Å². The van der Waals surface area contributed by atoms with E-state index in [-0.39, 0.29) is 18.6 Å². The van der Waals surface area contributed by atoms with Crippen LogP contribution < -0.4 is 0 Å². The lowest BCUT2D eigenvalue weighted by Gasteiger charge is -2.25. The molecule has 2 aliphatic rings. The highest BCUT2D eigenvalue weighted by Crippen LogP contribution is 2.30. The van der Waals surface area contributed by atoms with Gasteiger partial charge in [-0.15, -0.1) is 0 Å². The molecular weight excluding hydrogens is 206 g/mol. The highest BCUT2D eigenvalue weighted by molar-refractivity contribution is 5.81. The van der Waals surface area contributed by atoms with E-state index in [0.29, 0.717) is 25.1 Å². The van der Waals surface area contributed by atoms with Crippen LogP contribution >= 0.6 is 0 Å². The van der Waals surface area contributed by atoms with E-state index >= 15 is 0 Å². The molecule has 0 spiro atoms. The largest absolute Gasteiger partial charge is 0.395 e. The first-order valence-corrected chi connectivity index (χ1v) is 6.25. The average Bonchev–Trinajstić information content (AvgIpc) is 3.15. The topological polar surface area (TPSA) is 49.8 Å². The van der Waals surface area contributed by atoms with Gasteiger partial charge in [-0.1, -0.05) is 0 Å². The van der Waals surface area contributed by atoms with Crippen LogP contribution in [-0.4, -0.2) is 47.8 Å². The molecule has 0 saturated heterocycles. The van der Waals surface area contributed by atoms with Crippen molar-refractivity contribution in [3.05, 3.63) is 0 Å². The van der Waals surface area contributed by atoms with Crippen LogP contribution in [0.15, 0.2) is 0 Å². The molecule has 0 aromatic heterocycles. The number of carbonyl (C=O) groups is 1. The van der Waals surface area contributed by atoms with Crippen molar-refractivity contribution in [1.82, 2.24) is 4.90 Å². The number of aliphatic hydroxyl groups is 1. The van der Waals surface area contributed by atoms with Crippen molar-refractivity contribution >= 4 is 5.91 Å². The first-order chi connectivity index (χ1) is 7.72. The van der Waals surface area contributed by atoms with Crippen molar-refractivity contribution in [2.24, 2.45) is 5.92 Å². The lowest BCUT2D eigenvalue weighted by molar-refractivity contribution is -0.144. The van der Waals surface area contributed by atoms with Gasteiger partial charge in [-0.3, -0.25) is 4.79 Å². The minimum atomic E-state index is -0.354. The van der Waals surface area contributed by atoms with Gasteiger partial charge in [-0.25, -0.2) is 0 Å². The van der Waals surface area contributed by atoms with Crippen molar-refractivity contribution in [3.8, 4) is 0 Å². The Morgan fingerprint density at radius 3 is 2.62 bits per heavy atom. The molecule has 92 valence electrons. The zero-order chi connectivity index (χ0) is 11.5. The number of amides is 1. The minimum Gasteiger partial charge on any atom is -0.395 e. The molecule has 0 bridgehead atoms. The lowest BCUT2D eigenvalue weighted by Crippen LogP contribution is -2.42. The van der Waals surface area contributed by atoms with Crippen LogP contribution in [0.4, 0.5) is 0 Å². The number of aliphatic hydroxyl groups excluding tert-OH is 1. The van der Waals surface area contributed by atoms with E-state index in [4.69, 9.17) is 9.84 Å². The number of carbonyl (C=O) groups excluding carboxylic acids is 1. The summed E-state index contributed by atoms with van der Waals surface area (Å²) < 4.78 is 5.56. The molecule has 1 N–H and O–H groups in total. The van der Waals surface area contributed by atoms with E-state index in [9.17, 15) is 4.79 Å². The van der Waals surface area contributed by atoms with Crippen LogP contribution in [0.3, 0.4) is 0 Å². The normalized spacial score (nSPS) is 21.9. The maximum atomic E-state index is 12.0. The molecule has 0 radical (unpaired) electrons. The van der Waals surface area contributed by atoms with Crippen LogP contribution in [0.1, 0.15) is 32.6 Å². The van der Waals surface area contributed by atoms with Crippen LogP contribution in [0, 0.1) is 5.92 Å². The fraction of sp³-hybridized carbons (Fsp3) is 0.917. The van der Waals surface area contributed by atoms with Crippen molar-refractivity contribution in [3.63, 3.8) is 0 Å². The highest BCUT2D eigenvalue weighted by atomic mass is 16.5. The molecule has 0 aromatic carbocycles. The zero-order valence-corrected chi connectivity index (χ0v) is 9.89. The first-order valence-electron chi connectivity index (χ1n) is 6.25. The second-order valence-corrected chi connectivity index (χ2v) is 4.91. The Hall–Kier alpha value is -0.610. The molecule has 2 rings (SSSR count). The maximum absolute atomic E-state index is 12.0. The summed E-state index contributed by atoms with van der Waals surface area (Å²) in [6.45, 7) is 3.01. The summed E-state index contributed by atoms with van der Waals surface area (Å²) in [4.78, 5) is 13.8. The molecule has 2 fully saturated rings. The van der Waals surface area contributed by atoms with Gasteiger partial charge < -0.3 is 14.7 Å². The second kappa shape index (κ2) is 5.15. The van der Waals surface area contributed by atoms with Crippen molar-refractivity contribution in [2.75, 3.05) is 19.8 Å². The fourth-order valence-electron chi connectivity index (χ4n) is 1.84. The Morgan fingerprint density at radius 1 is 1.44 bits per heavy atom. The maximum Gasteiger partial charge on any atom is 0.251 e. The van der Waals surface area contributed by atoms with Gasteiger partial charge in [0.25, 0.3) is 5.91 Å². The molecule has 1 unspecified atom stereocenters. The van der Waals surface area contributed by atoms with Gasteiger partial charge in [-0.2, -0.15) is 0 Å². The zero-order valence-electron chi connectivity index (χ0n) is 9.89. The van der Waals surface area contributed by atoms with E-state index in [0.717, 1.165) is 12.8 Å². The molecule has 16 heavy (non-hydrogen) atoms. The van der Waals surface area contributed by atoms with Crippen LogP contribution in [0.5, 0.6) is 0 Å². The monoisotopic (exact) mass is 227 g/mol. The molecule has 0 heterocycles. The summed E-state index contributed by atoms with van der Waals surface area (Å²) in [7, 11) is 0. The Morgan fingerprint density at radius 2 is 2.12 bits per heavy atom. The van der Waals surface area contributed by atoms with Gasteiger partial charge in [0.15, 0.2) is 0 Å². The standard InChI is InChI=1S/C12H21NO3/c1-9(16-8-10-2-3-10)12(15)13(6-7-14)11-4-5-11/h9-11,14H,2-8H2,1H3. The second-order valence-electron chi connectivity index (χ2n) is 4.91. The van der Waals surface area contributed by atoms with Crippen molar-refractivity contribution in [2.45, 2.75) is 44.8 Å². The number of hydrogen-bond acceptors (Lipinski definition) is 3. The third-order valence-electron chi connectivity index (χ3n) is 3.24. The fourth-order valence-corrected chi connectivity index (χ4v) is 1.84. The summed E-state index contributed by atoms with van der Waals surface area (Å²) in [5.41, 5.74) is 0. The summed E-state index contributed by atoms with van der Waals surface area (Å²) in [5, 5.41) is 8.94. The molecule has 4 heteroatoms. The van der Waals surface area contributed by atoms with Gasteiger partial charge >= 0.3 is 0 Å². The smallest absolute Gasteiger partial charge is 0.251 e. The van der Waals surface area contributed by atoms with Gasteiger partial charge in [0, 0.05) is 12.6 Å². The van der Waals surface area contributed by atoms with Crippen LogP contribution in [0.25, 0.3) is 0 Å². The third-order valence-corrected chi connectivity index (χ3v) is 3.24. The third kappa shape index (κ3) is 3.19. The number of ether oxygens (including phenoxy) is 1. The molecule has 0 aromatic rings.